The van der Waals surface area contributed by atoms with Gasteiger partial charge in [-0.25, -0.2) is 0 Å². The van der Waals surface area contributed by atoms with Crippen molar-refractivity contribution in [2.24, 2.45) is 0 Å². The van der Waals surface area contributed by atoms with Crippen LogP contribution in [0.4, 0.5) is 0 Å². The van der Waals surface area contributed by atoms with E-state index in [0.717, 1.165) is 0 Å². The number of nitriles is 1. The van der Waals surface area contributed by atoms with Crippen LogP contribution in [0.25, 0.3) is 0 Å². The third-order valence-electron chi connectivity index (χ3n) is 3.39. The molecule has 0 aliphatic rings. The molecule has 0 aliphatic carbocycles. The van der Waals surface area contributed by atoms with Crippen LogP contribution in [-0.2, 0) is 0 Å². The normalized spacial score (nSPS) is 11.6. The largest absolute Gasteiger partial charge is 0.184 e. The molecule has 3 aromatic carbocycles. The van der Waals surface area contributed by atoms with E-state index in [1.807, 2.05) is 54.6 Å². The Hall–Kier alpha value is -2.15. The predicted molar refractivity (Wildman–Crippen MR) is 94.9 cm³/mol. The average Bonchev–Trinajstić information content (AvgIpc) is 2.62. The van der Waals surface area contributed by atoms with E-state index in [-0.39, 0.29) is 0 Å². The first-order chi connectivity index (χ1) is 10.9. The van der Waals surface area contributed by atoms with Gasteiger partial charge in [-0.05, 0) is 36.4 Å². The zero-order chi connectivity index (χ0) is 15.3. The minimum absolute atomic E-state index is 1.19. The number of rotatable bonds is 4. The van der Waals surface area contributed by atoms with E-state index in [0.29, 0.717) is 0 Å². The van der Waals surface area contributed by atoms with Gasteiger partial charge in [0.15, 0.2) is 0 Å². The van der Waals surface area contributed by atoms with Crippen molar-refractivity contribution in [1.82, 2.24) is 0 Å². The van der Waals surface area contributed by atoms with E-state index < -0.39 is 9.06 Å². The molecule has 0 bridgehead atoms. The van der Waals surface area contributed by atoms with Crippen LogP contribution in [0.5, 0.6) is 0 Å². The van der Waals surface area contributed by atoms with E-state index in [2.05, 4.69) is 41.8 Å². The minimum Gasteiger partial charge on any atom is -0.184 e. The quantitative estimate of drug-likeness (QED) is 0.428. The summed E-state index contributed by atoms with van der Waals surface area (Å²) in [6, 6.07) is 31.0. The number of nitrogens with zero attached hydrogens (tertiary/aromatic N) is 1. The summed E-state index contributed by atoms with van der Waals surface area (Å²) in [5.41, 5.74) is 0. The summed E-state index contributed by atoms with van der Waals surface area (Å²) >= 11 is 0. The smallest absolute Gasteiger partial charge is 0.144 e. The first-order valence-electron chi connectivity index (χ1n) is 6.94. The Balaban J connectivity index is 2.32. The Bertz CT molecular complexity index is 668. The minimum atomic E-state index is -1.63. The van der Waals surface area contributed by atoms with Gasteiger partial charge in [-0.3, -0.25) is 0 Å². The summed E-state index contributed by atoms with van der Waals surface area (Å²) in [4.78, 5) is 3.58. The van der Waals surface area contributed by atoms with Crippen molar-refractivity contribution in [3.63, 3.8) is 0 Å². The van der Waals surface area contributed by atoms with Gasteiger partial charge in [0.1, 0.15) is 5.40 Å². The molecular weight excluding hydrogens is 306 g/mol. The molecule has 22 heavy (non-hydrogen) atoms. The molecule has 108 valence electrons. The second-order valence-electron chi connectivity index (χ2n) is 4.67. The lowest BCUT2D eigenvalue weighted by Crippen LogP contribution is -1.98. The van der Waals surface area contributed by atoms with Crippen molar-refractivity contribution in [2.75, 3.05) is 0 Å². The molecule has 0 radical (unpaired) electrons. The SMILES string of the molecule is N#CSS(c1ccccc1)(c1ccccc1)c1ccccc1. The summed E-state index contributed by atoms with van der Waals surface area (Å²) in [6.45, 7) is 0. The second-order valence-corrected chi connectivity index (χ2v) is 9.55. The lowest BCUT2D eigenvalue weighted by Gasteiger charge is -2.37. The fraction of sp³-hybridized carbons (Fsp3) is 0. The third kappa shape index (κ3) is 2.64. The van der Waals surface area contributed by atoms with E-state index in [4.69, 9.17) is 0 Å². The lowest BCUT2D eigenvalue weighted by atomic mass is 10.4. The highest BCUT2D eigenvalue weighted by Gasteiger charge is 2.31. The number of hydrogen-bond donors (Lipinski definition) is 0. The Kier molecular flexibility index (Phi) is 4.53. The van der Waals surface area contributed by atoms with Crippen LogP contribution < -0.4 is 0 Å². The topological polar surface area (TPSA) is 23.8 Å². The molecular formula is C19H15NS2. The molecule has 0 spiro atoms. The van der Waals surface area contributed by atoms with Crippen molar-refractivity contribution >= 4 is 19.9 Å². The first kappa shape index (κ1) is 14.8. The van der Waals surface area contributed by atoms with Crippen LogP contribution in [0.3, 0.4) is 0 Å². The molecule has 0 unspecified atom stereocenters. The van der Waals surface area contributed by atoms with Crippen molar-refractivity contribution in [1.29, 1.82) is 5.26 Å². The van der Waals surface area contributed by atoms with E-state index >= 15 is 0 Å². The number of benzene rings is 3. The fourth-order valence-electron chi connectivity index (χ4n) is 2.44. The number of hydrogen-bond acceptors (Lipinski definition) is 2. The van der Waals surface area contributed by atoms with Gasteiger partial charge in [-0.15, -0.1) is 0 Å². The standard InChI is InChI=1S/C19H15NS2/c20-16-21-22(17-10-4-1-5-11-17,18-12-6-2-7-13-18)19-14-8-3-9-15-19/h1-15H. The maximum atomic E-state index is 9.52. The molecule has 0 aromatic heterocycles. The Morgan fingerprint density at radius 2 is 0.909 bits per heavy atom. The van der Waals surface area contributed by atoms with Gasteiger partial charge < -0.3 is 0 Å². The molecule has 0 aliphatic heterocycles. The lowest BCUT2D eigenvalue weighted by molar-refractivity contribution is 1.32. The highest BCUT2D eigenvalue weighted by Crippen LogP contribution is 2.76. The molecule has 0 heterocycles. The third-order valence-corrected chi connectivity index (χ3v) is 9.23. The van der Waals surface area contributed by atoms with Crippen LogP contribution in [0.1, 0.15) is 0 Å². The molecule has 0 amide bonds. The highest BCUT2D eigenvalue weighted by atomic mass is 33.2. The predicted octanol–water partition coefficient (Wildman–Crippen LogP) is 6.10. The summed E-state index contributed by atoms with van der Waals surface area (Å²) in [5, 5.41) is 11.9. The van der Waals surface area contributed by atoms with Gasteiger partial charge in [-0.1, -0.05) is 63.7 Å². The van der Waals surface area contributed by atoms with E-state index in [1.54, 1.807) is 0 Å². The zero-order valence-corrected chi connectivity index (χ0v) is 13.6. The van der Waals surface area contributed by atoms with Crippen molar-refractivity contribution < 1.29 is 0 Å². The van der Waals surface area contributed by atoms with Gasteiger partial charge >= 0.3 is 0 Å². The molecule has 3 aromatic rings. The van der Waals surface area contributed by atoms with E-state index in [1.165, 1.54) is 25.5 Å². The van der Waals surface area contributed by atoms with Crippen LogP contribution in [0.2, 0.25) is 0 Å². The monoisotopic (exact) mass is 321 g/mol. The second kappa shape index (κ2) is 6.74. The average molecular weight is 321 g/mol. The Morgan fingerprint density at radius 3 is 1.18 bits per heavy atom. The van der Waals surface area contributed by atoms with Crippen molar-refractivity contribution in [3.05, 3.63) is 91.0 Å². The highest BCUT2D eigenvalue weighted by molar-refractivity contribution is 8.95. The maximum Gasteiger partial charge on any atom is 0.144 e. The number of thiocyanates is 1. The van der Waals surface area contributed by atoms with Gasteiger partial charge in [0.05, 0.1) is 0 Å². The molecule has 3 heteroatoms. The molecule has 1 nitrogen and oxygen atoms in total. The summed E-state index contributed by atoms with van der Waals surface area (Å²) in [7, 11) is -0.255. The Morgan fingerprint density at radius 1 is 0.591 bits per heavy atom. The molecule has 3 rings (SSSR count). The maximum absolute atomic E-state index is 9.52. The fourth-order valence-corrected chi connectivity index (χ4v) is 7.48. The Labute approximate surface area is 136 Å². The van der Waals surface area contributed by atoms with Gasteiger partial charge in [0.25, 0.3) is 0 Å². The molecule has 0 saturated carbocycles. The summed E-state index contributed by atoms with van der Waals surface area (Å²) in [6.07, 6.45) is 0. The molecule has 0 fully saturated rings. The van der Waals surface area contributed by atoms with Crippen LogP contribution in [0.15, 0.2) is 106 Å². The van der Waals surface area contributed by atoms with E-state index in [9.17, 15) is 5.26 Å². The molecule has 0 saturated heterocycles. The zero-order valence-electron chi connectivity index (χ0n) is 11.9. The van der Waals surface area contributed by atoms with Crippen LogP contribution in [0, 0.1) is 10.7 Å². The molecule has 0 atom stereocenters. The summed E-state index contributed by atoms with van der Waals surface area (Å²) < 4.78 is 0. The molecule has 0 N–H and O–H groups in total. The summed E-state index contributed by atoms with van der Waals surface area (Å²) in [5.74, 6) is 0. The van der Waals surface area contributed by atoms with Crippen LogP contribution >= 0.6 is 19.9 Å². The van der Waals surface area contributed by atoms with Crippen molar-refractivity contribution in [3.8, 4) is 5.40 Å². The van der Waals surface area contributed by atoms with Crippen molar-refractivity contribution in [2.45, 2.75) is 14.7 Å². The van der Waals surface area contributed by atoms with Crippen LogP contribution in [-0.4, -0.2) is 0 Å². The van der Waals surface area contributed by atoms with Gasteiger partial charge in [0, 0.05) is 25.5 Å². The van der Waals surface area contributed by atoms with Gasteiger partial charge in [-0.2, -0.15) is 5.26 Å². The first-order valence-corrected chi connectivity index (χ1v) is 9.91. The van der Waals surface area contributed by atoms with Gasteiger partial charge in [0.2, 0.25) is 0 Å².